The van der Waals surface area contributed by atoms with Crippen molar-refractivity contribution >= 4 is 24.2 Å². The molecule has 118 valence electrons. The number of halogens is 1. The standard InChI is InChI=1S/C12H23N3O4.ClH/c1-18-7-4-13-10-11(16)14-3-2-12(17)15-5-8-19-9-6-15;/h13H,2-10H2,1H3,(H,14,16);1H. The van der Waals surface area contributed by atoms with Crippen LogP contribution in [0.15, 0.2) is 0 Å². The number of carbonyl (C=O) groups excluding carboxylic acids is 2. The van der Waals surface area contributed by atoms with E-state index in [1.807, 2.05) is 0 Å². The molecule has 0 spiro atoms. The molecule has 1 aliphatic rings. The van der Waals surface area contributed by atoms with Gasteiger partial charge in [-0.05, 0) is 0 Å². The molecule has 0 aromatic carbocycles. The van der Waals surface area contributed by atoms with E-state index >= 15 is 0 Å². The Morgan fingerprint density at radius 3 is 2.60 bits per heavy atom. The summed E-state index contributed by atoms with van der Waals surface area (Å²) < 4.78 is 10.0. The summed E-state index contributed by atoms with van der Waals surface area (Å²) in [6.07, 6.45) is 0.337. The molecular weight excluding hydrogens is 286 g/mol. The van der Waals surface area contributed by atoms with Crippen molar-refractivity contribution in [2.45, 2.75) is 6.42 Å². The van der Waals surface area contributed by atoms with Gasteiger partial charge in [-0.2, -0.15) is 0 Å². The molecule has 0 aromatic rings. The molecular formula is C12H24ClN3O4. The summed E-state index contributed by atoms with van der Waals surface area (Å²) in [5.74, 6) is -0.0400. The fourth-order valence-electron chi connectivity index (χ4n) is 1.72. The predicted molar refractivity (Wildman–Crippen MR) is 77.0 cm³/mol. The Balaban J connectivity index is 0.00000361. The molecule has 2 amide bonds. The second-order valence-corrected chi connectivity index (χ2v) is 4.26. The molecule has 0 unspecified atom stereocenters. The summed E-state index contributed by atoms with van der Waals surface area (Å²) in [5, 5.41) is 5.65. The Morgan fingerprint density at radius 1 is 1.25 bits per heavy atom. The molecule has 0 atom stereocenters. The molecule has 0 bridgehead atoms. The lowest BCUT2D eigenvalue weighted by atomic mass is 10.3. The fraction of sp³-hybridized carbons (Fsp3) is 0.833. The minimum absolute atomic E-state index is 0. The highest BCUT2D eigenvalue weighted by Gasteiger charge is 2.16. The lowest BCUT2D eigenvalue weighted by molar-refractivity contribution is -0.135. The van der Waals surface area contributed by atoms with E-state index in [2.05, 4.69) is 10.6 Å². The number of methoxy groups -OCH3 is 1. The number of rotatable bonds is 8. The number of nitrogens with zero attached hydrogens (tertiary/aromatic N) is 1. The maximum Gasteiger partial charge on any atom is 0.233 e. The first-order chi connectivity index (χ1) is 9.24. The van der Waals surface area contributed by atoms with Crippen molar-refractivity contribution < 1.29 is 19.1 Å². The molecule has 1 fully saturated rings. The van der Waals surface area contributed by atoms with Crippen LogP contribution in [0.25, 0.3) is 0 Å². The summed E-state index contributed by atoms with van der Waals surface area (Å²) in [7, 11) is 1.61. The molecule has 0 radical (unpaired) electrons. The molecule has 8 heteroatoms. The molecule has 20 heavy (non-hydrogen) atoms. The van der Waals surface area contributed by atoms with Crippen molar-refractivity contribution in [3.05, 3.63) is 0 Å². The number of carbonyl (C=O) groups is 2. The van der Waals surface area contributed by atoms with Crippen LogP contribution in [0.5, 0.6) is 0 Å². The minimum atomic E-state index is -0.106. The van der Waals surface area contributed by atoms with Crippen molar-refractivity contribution in [1.82, 2.24) is 15.5 Å². The van der Waals surface area contributed by atoms with Crippen LogP contribution in [0.1, 0.15) is 6.42 Å². The summed E-state index contributed by atoms with van der Waals surface area (Å²) in [6.45, 7) is 4.31. The van der Waals surface area contributed by atoms with Crippen LogP contribution in [-0.2, 0) is 19.1 Å². The van der Waals surface area contributed by atoms with Gasteiger partial charge in [-0.1, -0.05) is 0 Å². The average molecular weight is 310 g/mol. The minimum Gasteiger partial charge on any atom is -0.383 e. The number of amides is 2. The van der Waals surface area contributed by atoms with Gasteiger partial charge in [0.25, 0.3) is 0 Å². The average Bonchev–Trinajstić information content (AvgIpc) is 2.44. The molecule has 2 N–H and O–H groups in total. The molecule has 7 nitrogen and oxygen atoms in total. The number of nitrogens with one attached hydrogen (secondary N) is 2. The zero-order valence-corrected chi connectivity index (χ0v) is 12.7. The lowest BCUT2D eigenvalue weighted by Gasteiger charge is -2.26. The molecule has 0 aliphatic carbocycles. The van der Waals surface area contributed by atoms with Gasteiger partial charge < -0.3 is 25.0 Å². The Morgan fingerprint density at radius 2 is 1.95 bits per heavy atom. The third-order valence-electron chi connectivity index (χ3n) is 2.79. The van der Waals surface area contributed by atoms with Gasteiger partial charge in [0.1, 0.15) is 0 Å². The van der Waals surface area contributed by atoms with Crippen LogP contribution in [0, 0.1) is 0 Å². The topological polar surface area (TPSA) is 79.9 Å². The van der Waals surface area contributed by atoms with Crippen molar-refractivity contribution in [3.8, 4) is 0 Å². The molecule has 1 aliphatic heterocycles. The highest BCUT2D eigenvalue weighted by Crippen LogP contribution is 1.99. The quantitative estimate of drug-likeness (QED) is 0.563. The van der Waals surface area contributed by atoms with Gasteiger partial charge in [0, 0.05) is 39.7 Å². The molecule has 0 aromatic heterocycles. The van der Waals surface area contributed by atoms with E-state index in [4.69, 9.17) is 9.47 Å². The molecule has 0 saturated carbocycles. The van der Waals surface area contributed by atoms with E-state index in [9.17, 15) is 9.59 Å². The van der Waals surface area contributed by atoms with Crippen LogP contribution in [0.2, 0.25) is 0 Å². The summed E-state index contributed by atoms with van der Waals surface area (Å²) >= 11 is 0. The fourth-order valence-corrected chi connectivity index (χ4v) is 1.72. The Bertz CT molecular complexity index is 286. The maximum absolute atomic E-state index is 11.8. The largest absolute Gasteiger partial charge is 0.383 e. The third kappa shape index (κ3) is 8.31. The number of morpholine rings is 1. The zero-order valence-electron chi connectivity index (χ0n) is 11.9. The highest BCUT2D eigenvalue weighted by molar-refractivity contribution is 5.85. The number of hydrogen-bond acceptors (Lipinski definition) is 5. The van der Waals surface area contributed by atoms with E-state index in [1.165, 1.54) is 0 Å². The van der Waals surface area contributed by atoms with Crippen molar-refractivity contribution in [1.29, 1.82) is 0 Å². The van der Waals surface area contributed by atoms with Crippen molar-refractivity contribution in [2.75, 3.05) is 59.7 Å². The van der Waals surface area contributed by atoms with E-state index in [-0.39, 0.29) is 30.8 Å². The second kappa shape index (κ2) is 11.9. The van der Waals surface area contributed by atoms with Gasteiger partial charge in [0.2, 0.25) is 11.8 Å². The van der Waals surface area contributed by atoms with E-state index in [1.54, 1.807) is 12.0 Å². The Labute approximate surface area is 125 Å². The van der Waals surface area contributed by atoms with E-state index in [0.717, 1.165) is 0 Å². The summed E-state index contributed by atoms with van der Waals surface area (Å²) in [4.78, 5) is 24.9. The van der Waals surface area contributed by atoms with Crippen molar-refractivity contribution in [2.24, 2.45) is 0 Å². The summed E-state index contributed by atoms with van der Waals surface area (Å²) in [5.41, 5.74) is 0. The first-order valence-corrected chi connectivity index (χ1v) is 6.56. The van der Waals surface area contributed by atoms with Gasteiger partial charge in [0.15, 0.2) is 0 Å². The smallest absolute Gasteiger partial charge is 0.233 e. The highest BCUT2D eigenvalue weighted by atomic mass is 35.5. The van der Waals surface area contributed by atoms with Gasteiger partial charge in [0.05, 0.1) is 26.4 Å². The van der Waals surface area contributed by atoms with Gasteiger partial charge in [-0.25, -0.2) is 0 Å². The lowest BCUT2D eigenvalue weighted by Crippen LogP contribution is -2.42. The Hall–Kier alpha value is -0.890. The zero-order chi connectivity index (χ0) is 13.9. The Kier molecular flexibility index (Phi) is 11.4. The van der Waals surface area contributed by atoms with E-state index < -0.39 is 0 Å². The number of ether oxygens (including phenoxy) is 2. The van der Waals surface area contributed by atoms with E-state index in [0.29, 0.717) is 52.4 Å². The first-order valence-electron chi connectivity index (χ1n) is 6.56. The molecule has 1 rings (SSSR count). The van der Waals surface area contributed by atoms with Gasteiger partial charge >= 0.3 is 0 Å². The normalized spacial score (nSPS) is 14.6. The van der Waals surface area contributed by atoms with Crippen molar-refractivity contribution in [3.63, 3.8) is 0 Å². The molecule has 1 heterocycles. The third-order valence-corrected chi connectivity index (χ3v) is 2.79. The first kappa shape index (κ1) is 19.1. The van der Waals surface area contributed by atoms with Crippen LogP contribution < -0.4 is 10.6 Å². The number of hydrogen-bond donors (Lipinski definition) is 2. The summed E-state index contributed by atoms with van der Waals surface area (Å²) in [6, 6.07) is 0. The van der Waals surface area contributed by atoms with Crippen LogP contribution in [0.4, 0.5) is 0 Å². The van der Waals surface area contributed by atoms with Gasteiger partial charge in [-0.3, -0.25) is 9.59 Å². The monoisotopic (exact) mass is 309 g/mol. The SMILES string of the molecule is COCCNCC(=O)NCCC(=O)N1CCOCC1.Cl. The van der Waals surface area contributed by atoms with Crippen LogP contribution in [-0.4, -0.2) is 76.4 Å². The molecule has 1 saturated heterocycles. The van der Waals surface area contributed by atoms with Crippen LogP contribution in [0.3, 0.4) is 0 Å². The van der Waals surface area contributed by atoms with Crippen LogP contribution >= 0.6 is 12.4 Å². The second-order valence-electron chi connectivity index (χ2n) is 4.26. The maximum atomic E-state index is 11.8. The predicted octanol–water partition coefficient (Wildman–Crippen LogP) is -0.991. The van der Waals surface area contributed by atoms with Gasteiger partial charge in [-0.15, -0.1) is 12.4 Å².